The minimum atomic E-state index is -0.358. The maximum Gasteiger partial charge on any atom is 0.0695 e. The van der Waals surface area contributed by atoms with Crippen molar-refractivity contribution in [3.63, 3.8) is 0 Å². The Bertz CT molecular complexity index is 252. The van der Waals surface area contributed by atoms with Crippen LogP contribution in [0.4, 0.5) is 0 Å². The van der Waals surface area contributed by atoms with Crippen molar-refractivity contribution in [2.75, 3.05) is 0 Å². The normalized spacial score (nSPS) is 14.8. The van der Waals surface area contributed by atoms with Gasteiger partial charge in [0.05, 0.1) is 11.8 Å². The first-order chi connectivity index (χ1) is 5.68. The summed E-state index contributed by atoms with van der Waals surface area (Å²) in [6.07, 6.45) is 2.33. The number of aromatic nitrogens is 1. The average molecular weight is 183 g/mol. The monoisotopic (exact) mass is 183 g/mol. The van der Waals surface area contributed by atoms with Crippen molar-refractivity contribution >= 4 is 11.5 Å². The van der Waals surface area contributed by atoms with Crippen molar-refractivity contribution in [1.82, 2.24) is 4.37 Å². The van der Waals surface area contributed by atoms with Gasteiger partial charge in [0.2, 0.25) is 0 Å². The fourth-order valence-corrected chi connectivity index (χ4v) is 1.62. The summed E-state index contributed by atoms with van der Waals surface area (Å²) in [5.41, 5.74) is 2.24. The lowest BCUT2D eigenvalue weighted by molar-refractivity contribution is 0.243. The molecular weight excluding hydrogens is 170 g/mol. The summed E-state index contributed by atoms with van der Waals surface area (Å²) >= 11 is 1.46. The smallest absolute Gasteiger partial charge is 0.0695 e. The fourth-order valence-electron chi connectivity index (χ4n) is 1.09. The van der Waals surface area contributed by atoms with Crippen molar-refractivity contribution in [2.45, 2.75) is 26.4 Å². The third-order valence-electron chi connectivity index (χ3n) is 1.48. The van der Waals surface area contributed by atoms with Gasteiger partial charge in [0.25, 0.3) is 0 Å². The first-order valence-corrected chi connectivity index (χ1v) is 4.77. The van der Waals surface area contributed by atoms with E-state index in [-0.39, 0.29) is 6.10 Å². The van der Waals surface area contributed by atoms with Gasteiger partial charge < -0.3 is 5.11 Å². The molecule has 0 bridgehead atoms. The van der Waals surface area contributed by atoms with Crippen LogP contribution in [-0.2, 0) is 6.42 Å². The highest BCUT2D eigenvalue weighted by atomic mass is 32.1. The molecule has 1 N–H and O–H groups in total. The molecule has 0 fully saturated rings. The SMILES string of the molecule is CC(=CC(C)O)Cc1ccsn1. The Labute approximate surface area is 76.7 Å². The molecule has 2 nitrogen and oxygen atoms in total. The summed E-state index contributed by atoms with van der Waals surface area (Å²) < 4.78 is 4.18. The molecule has 1 atom stereocenters. The van der Waals surface area contributed by atoms with Crippen LogP contribution in [0.5, 0.6) is 0 Å². The Morgan fingerprint density at radius 2 is 2.58 bits per heavy atom. The van der Waals surface area contributed by atoms with Gasteiger partial charge in [0, 0.05) is 11.8 Å². The number of aliphatic hydroxyl groups is 1. The molecular formula is C9H13NOS. The quantitative estimate of drug-likeness (QED) is 0.727. The van der Waals surface area contributed by atoms with Gasteiger partial charge >= 0.3 is 0 Å². The van der Waals surface area contributed by atoms with E-state index in [0.29, 0.717) is 0 Å². The minimum Gasteiger partial charge on any atom is -0.389 e. The number of hydrogen-bond acceptors (Lipinski definition) is 3. The summed E-state index contributed by atoms with van der Waals surface area (Å²) in [5.74, 6) is 0. The van der Waals surface area contributed by atoms with Crippen molar-refractivity contribution in [3.8, 4) is 0 Å². The first-order valence-electron chi connectivity index (χ1n) is 3.93. The molecule has 1 aromatic rings. The van der Waals surface area contributed by atoms with Crippen LogP contribution in [0.15, 0.2) is 23.1 Å². The van der Waals surface area contributed by atoms with Crippen molar-refractivity contribution in [2.24, 2.45) is 0 Å². The van der Waals surface area contributed by atoms with Gasteiger partial charge in [-0.25, -0.2) is 0 Å². The average Bonchev–Trinajstić information content (AvgIpc) is 2.37. The summed E-state index contributed by atoms with van der Waals surface area (Å²) in [7, 11) is 0. The Kier molecular flexibility index (Phi) is 3.44. The summed E-state index contributed by atoms with van der Waals surface area (Å²) in [4.78, 5) is 0. The molecule has 0 radical (unpaired) electrons. The van der Waals surface area contributed by atoms with Crippen molar-refractivity contribution in [1.29, 1.82) is 0 Å². The van der Waals surface area contributed by atoms with Crippen LogP contribution >= 0.6 is 11.5 Å². The number of hydrogen-bond donors (Lipinski definition) is 1. The van der Waals surface area contributed by atoms with Crippen LogP contribution < -0.4 is 0 Å². The van der Waals surface area contributed by atoms with Gasteiger partial charge in [0.1, 0.15) is 0 Å². The molecule has 0 aliphatic rings. The zero-order valence-corrected chi connectivity index (χ0v) is 8.14. The summed E-state index contributed by atoms with van der Waals surface area (Å²) in [6, 6.07) is 2.00. The maximum atomic E-state index is 9.06. The largest absolute Gasteiger partial charge is 0.389 e. The minimum absolute atomic E-state index is 0.358. The van der Waals surface area contributed by atoms with Crippen LogP contribution in [0.2, 0.25) is 0 Å². The Balaban J connectivity index is 2.52. The number of allylic oxidation sites excluding steroid dienone is 1. The molecule has 0 aliphatic heterocycles. The predicted octanol–water partition coefficient (Wildman–Crippen LogP) is 2.01. The molecule has 1 heterocycles. The standard InChI is InChI=1S/C9H13NOS/c1-7(5-8(2)11)6-9-3-4-12-10-9/h3-5,8,11H,6H2,1-2H3. The van der Waals surface area contributed by atoms with Crippen LogP contribution in [0.1, 0.15) is 19.5 Å². The van der Waals surface area contributed by atoms with Gasteiger partial charge in [0.15, 0.2) is 0 Å². The lowest BCUT2D eigenvalue weighted by atomic mass is 10.1. The van der Waals surface area contributed by atoms with E-state index >= 15 is 0 Å². The van der Waals surface area contributed by atoms with E-state index in [1.807, 2.05) is 24.4 Å². The topological polar surface area (TPSA) is 33.1 Å². The molecule has 0 aromatic carbocycles. The molecule has 1 aromatic heterocycles. The first kappa shape index (κ1) is 9.42. The molecule has 0 spiro atoms. The van der Waals surface area contributed by atoms with E-state index < -0.39 is 0 Å². The van der Waals surface area contributed by atoms with Gasteiger partial charge in [-0.05, 0) is 31.4 Å². The predicted molar refractivity (Wildman–Crippen MR) is 51.3 cm³/mol. The molecule has 0 aliphatic carbocycles. The van der Waals surface area contributed by atoms with E-state index in [4.69, 9.17) is 5.11 Å². The summed E-state index contributed by atoms with van der Waals surface area (Å²) in [6.45, 7) is 3.76. The van der Waals surface area contributed by atoms with E-state index in [9.17, 15) is 0 Å². The van der Waals surface area contributed by atoms with Crippen LogP contribution in [0, 0.1) is 0 Å². The highest BCUT2D eigenvalue weighted by Crippen LogP contribution is 2.07. The Hall–Kier alpha value is -0.670. The molecule has 0 saturated carbocycles. The van der Waals surface area contributed by atoms with E-state index in [1.54, 1.807) is 6.92 Å². The highest BCUT2D eigenvalue weighted by molar-refractivity contribution is 7.03. The zero-order chi connectivity index (χ0) is 8.97. The molecule has 1 unspecified atom stereocenters. The van der Waals surface area contributed by atoms with Crippen molar-refractivity contribution < 1.29 is 5.11 Å². The second kappa shape index (κ2) is 4.38. The zero-order valence-electron chi connectivity index (χ0n) is 7.32. The van der Waals surface area contributed by atoms with Gasteiger partial charge in [-0.1, -0.05) is 11.6 Å². The molecule has 66 valence electrons. The van der Waals surface area contributed by atoms with Crippen LogP contribution in [0.3, 0.4) is 0 Å². The van der Waals surface area contributed by atoms with E-state index in [2.05, 4.69) is 4.37 Å². The van der Waals surface area contributed by atoms with Gasteiger partial charge in [-0.2, -0.15) is 4.37 Å². The third-order valence-corrected chi connectivity index (χ3v) is 2.07. The van der Waals surface area contributed by atoms with E-state index in [1.165, 1.54) is 11.5 Å². The number of nitrogens with zero attached hydrogens (tertiary/aromatic N) is 1. The third kappa shape index (κ3) is 3.15. The maximum absolute atomic E-state index is 9.06. The molecule has 1 rings (SSSR count). The van der Waals surface area contributed by atoms with Gasteiger partial charge in [-0.15, -0.1) is 0 Å². The molecule has 3 heteroatoms. The summed E-state index contributed by atoms with van der Waals surface area (Å²) in [5, 5.41) is 11.0. The molecule has 0 amide bonds. The van der Waals surface area contributed by atoms with Crippen LogP contribution in [-0.4, -0.2) is 15.6 Å². The van der Waals surface area contributed by atoms with Gasteiger partial charge in [-0.3, -0.25) is 0 Å². The fraction of sp³-hybridized carbons (Fsp3) is 0.444. The Morgan fingerprint density at radius 1 is 1.83 bits per heavy atom. The van der Waals surface area contributed by atoms with E-state index in [0.717, 1.165) is 17.7 Å². The highest BCUT2D eigenvalue weighted by Gasteiger charge is 1.97. The number of aliphatic hydroxyl groups excluding tert-OH is 1. The molecule has 0 saturated heterocycles. The Morgan fingerprint density at radius 3 is 3.08 bits per heavy atom. The lowest BCUT2D eigenvalue weighted by Crippen LogP contribution is -1.96. The number of rotatable bonds is 3. The second-order valence-electron chi connectivity index (χ2n) is 2.92. The van der Waals surface area contributed by atoms with Crippen molar-refractivity contribution in [3.05, 3.63) is 28.8 Å². The second-order valence-corrected chi connectivity index (χ2v) is 3.59. The lowest BCUT2D eigenvalue weighted by Gasteiger charge is -1.99. The molecule has 12 heavy (non-hydrogen) atoms. The van der Waals surface area contributed by atoms with Crippen LogP contribution in [0.25, 0.3) is 0 Å².